The number of nitriles is 1. The molecule has 2 aromatic carbocycles. The zero-order chi connectivity index (χ0) is 27.2. The third-order valence-corrected chi connectivity index (χ3v) is 5.03. The van der Waals surface area contributed by atoms with Crippen LogP contribution < -0.4 is 27.0 Å². The van der Waals surface area contributed by atoms with E-state index in [2.05, 4.69) is 31.2 Å². The predicted octanol–water partition coefficient (Wildman–Crippen LogP) is 3.83. The maximum atomic E-state index is 12.9. The number of nitrogen functional groups attached to an aromatic ring is 1. The number of nitrogens with zero attached hydrogens (tertiary/aromatic N) is 3. The van der Waals surface area contributed by atoms with Gasteiger partial charge in [-0.15, -0.1) is 0 Å². The summed E-state index contributed by atoms with van der Waals surface area (Å²) in [6, 6.07) is 12.9. The van der Waals surface area contributed by atoms with Crippen molar-refractivity contribution in [3.63, 3.8) is 0 Å². The second-order valence-corrected chi connectivity index (χ2v) is 7.92. The van der Waals surface area contributed by atoms with Crippen LogP contribution in [0.3, 0.4) is 0 Å². The van der Waals surface area contributed by atoms with Gasteiger partial charge in [-0.1, -0.05) is 24.3 Å². The molecule has 0 bridgehead atoms. The number of hydrogen-bond donors (Lipinski definition) is 5. The fourth-order valence-electron chi connectivity index (χ4n) is 3.13. The van der Waals surface area contributed by atoms with Gasteiger partial charge in [0.1, 0.15) is 23.7 Å². The van der Waals surface area contributed by atoms with Crippen LogP contribution >= 0.6 is 0 Å². The molecule has 2 atom stereocenters. The minimum absolute atomic E-state index is 0.0429. The fourth-order valence-corrected chi connectivity index (χ4v) is 3.13. The monoisotopic (exact) mass is 512 g/mol. The number of benzene rings is 2. The van der Waals surface area contributed by atoms with Crippen molar-refractivity contribution in [2.24, 2.45) is 0 Å². The number of para-hydroxylation sites is 1. The number of aromatic nitrogens is 2. The average molecular weight is 512 g/mol. The van der Waals surface area contributed by atoms with E-state index >= 15 is 0 Å². The first kappa shape index (κ1) is 26.7. The van der Waals surface area contributed by atoms with Crippen molar-refractivity contribution in [1.82, 2.24) is 9.97 Å². The molecule has 0 aliphatic rings. The van der Waals surface area contributed by atoms with Crippen LogP contribution in [0, 0.1) is 11.3 Å². The van der Waals surface area contributed by atoms with E-state index in [4.69, 9.17) is 5.73 Å². The molecule has 3 aromatic rings. The van der Waals surface area contributed by atoms with E-state index in [0.29, 0.717) is 5.69 Å². The standard InChI is InChI=1S/C24H23F3N8O2/c1-13(21(36)32-16-8-4-3-5-9-16)30-19-18(12-28)20(35-23(29)34-19)31-14(2)22(37)33-17-10-6-7-15(11-17)24(25,26)27/h3-11,13-14H,1-2H3,(H,32,36)(H,33,37)(H4,29,30,31,34,35)/t13-,14-/m0/s1. The minimum atomic E-state index is -4.57. The number of nitrogens with one attached hydrogen (secondary N) is 4. The van der Waals surface area contributed by atoms with Gasteiger partial charge in [0.05, 0.1) is 5.56 Å². The molecule has 0 saturated carbocycles. The Bertz CT molecular complexity index is 1330. The number of nitrogens with two attached hydrogens (primary N) is 1. The molecule has 0 spiro atoms. The number of hydrogen-bond acceptors (Lipinski definition) is 8. The van der Waals surface area contributed by atoms with Gasteiger partial charge in [0.25, 0.3) is 0 Å². The molecule has 37 heavy (non-hydrogen) atoms. The molecule has 6 N–H and O–H groups in total. The second kappa shape index (κ2) is 11.3. The van der Waals surface area contributed by atoms with E-state index < -0.39 is 35.6 Å². The van der Waals surface area contributed by atoms with E-state index in [1.807, 2.05) is 6.07 Å². The van der Waals surface area contributed by atoms with Crippen LogP contribution in [-0.2, 0) is 15.8 Å². The molecule has 2 amide bonds. The molecule has 1 heterocycles. The predicted molar refractivity (Wildman–Crippen MR) is 132 cm³/mol. The van der Waals surface area contributed by atoms with Crippen LogP contribution in [0.4, 0.5) is 42.1 Å². The molecular weight excluding hydrogens is 489 g/mol. The first-order valence-corrected chi connectivity index (χ1v) is 10.9. The Morgan fingerprint density at radius 2 is 1.41 bits per heavy atom. The number of halogens is 3. The summed E-state index contributed by atoms with van der Waals surface area (Å²) >= 11 is 0. The summed E-state index contributed by atoms with van der Waals surface area (Å²) in [6.07, 6.45) is -4.57. The highest BCUT2D eigenvalue weighted by atomic mass is 19.4. The molecule has 0 aliphatic carbocycles. The average Bonchev–Trinajstić information content (AvgIpc) is 2.84. The van der Waals surface area contributed by atoms with Crippen LogP contribution in [0.2, 0.25) is 0 Å². The van der Waals surface area contributed by atoms with Gasteiger partial charge in [0.15, 0.2) is 11.6 Å². The third-order valence-electron chi connectivity index (χ3n) is 5.03. The minimum Gasteiger partial charge on any atom is -0.368 e. The number of carbonyl (C=O) groups is 2. The van der Waals surface area contributed by atoms with E-state index in [9.17, 15) is 28.0 Å². The maximum Gasteiger partial charge on any atom is 0.416 e. The van der Waals surface area contributed by atoms with Gasteiger partial charge in [0, 0.05) is 11.4 Å². The van der Waals surface area contributed by atoms with Gasteiger partial charge in [-0.25, -0.2) is 0 Å². The lowest BCUT2D eigenvalue weighted by atomic mass is 10.2. The topological polar surface area (TPSA) is 158 Å². The molecule has 3 rings (SSSR count). The van der Waals surface area contributed by atoms with E-state index in [-0.39, 0.29) is 28.8 Å². The Labute approximate surface area is 210 Å². The summed E-state index contributed by atoms with van der Waals surface area (Å²) in [5.74, 6) is -1.48. The van der Waals surface area contributed by atoms with Crippen LogP contribution in [-0.4, -0.2) is 33.9 Å². The lowest BCUT2D eigenvalue weighted by Crippen LogP contribution is -2.34. The Kier molecular flexibility index (Phi) is 8.13. The van der Waals surface area contributed by atoms with Gasteiger partial charge in [-0.2, -0.15) is 28.4 Å². The first-order chi connectivity index (χ1) is 17.5. The van der Waals surface area contributed by atoms with Crippen molar-refractivity contribution in [1.29, 1.82) is 5.26 Å². The van der Waals surface area contributed by atoms with Gasteiger partial charge in [0.2, 0.25) is 17.8 Å². The molecule has 192 valence electrons. The summed E-state index contributed by atoms with van der Waals surface area (Å²) in [5, 5.41) is 20.3. The van der Waals surface area contributed by atoms with Crippen molar-refractivity contribution in [3.05, 3.63) is 65.7 Å². The van der Waals surface area contributed by atoms with Gasteiger partial charge >= 0.3 is 6.18 Å². The number of carbonyl (C=O) groups excluding carboxylic acids is 2. The summed E-state index contributed by atoms with van der Waals surface area (Å²) in [6.45, 7) is 2.97. The largest absolute Gasteiger partial charge is 0.416 e. The summed E-state index contributed by atoms with van der Waals surface area (Å²) in [4.78, 5) is 33.1. The van der Waals surface area contributed by atoms with Crippen molar-refractivity contribution in [3.8, 4) is 6.07 Å². The summed E-state index contributed by atoms with van der Waals surface area (Å²) in [7, 11) is 0. The second-order valence-electron chi connectivity index (χ2n) is 7.92. The van der Waals surface area contributed by atoms with E-state index in [1.54, 1.807) is 37.3 Å². The van der Waals surface area contributed by atoms with Gasteiger partial charge in [-0.3, -0.25) is 9.59 Å². The molecule has 0 radical (unpaired) electrons. The summed E-state index contributed by atoms with van der Waals surface area (Å²) < 4.78 is 38.8. The highest BCUT2D eigenvalue weighted by molar-refractivity contribution is 5.97. The van der Waals surface area contributed by atoms with Crippen molar-refractivity contribution < 1.29 is 22.8 Å². The maximum absolute atomic E-state index is 12.9. The molecule has 13 heteroatoms. The van der Waals surface area contributed by atoms with Crippen LogP contribution in [0.25, 0.3) is 0 Å². The molecule has 1 aromatic heterocycles. The molecule has 0 aliphatic heterocycles. The molecule has 0 unspecified atom stereocenters. The number of amides is 2. The van der Waals surface area contributed by atoms with E-state index in [1.165, 1.54) is 19.1 Å². The van der Waals surface area contributed by atoms with Crippen LogP contribution in [0.5, 0.6) is 0 Å². The molecule has 0 saturated heterocycles. The summed E-state index contributed by atoms with van der Waals surface area (Å²) in [5.41, 5.74) is 5.26. The van der Waals surface area contributed by atoms with Gasteiger partial charge in [-0.05, 0) is 44.2 Å². The Balaban J connectivity index is 1.74. The fraction of sp³-hybridized carbons (Fsp3) is 0.208. The van der Waals surface area contributed by atoms with Gasteiger partial charge < -0.3 is 27.0 Å². The normalized spacial score (nSPS) is 12.5. The molecule has 10 nitrogen and oxygen atoms in total. The third kappa shape index (κ3) is 7.07. The van der Waals surface area contributed by atoms with E-state index in [0.717, 1.165) is 12.1 Å². The Hall–Kier alpha value is -4.86. The number of alkyl halides is 3. The smallest absolute Gasteiger partial charge is 0.368 e. The van der Waals surface area contributed by atoms with Crippen LogP contribution in [0.15, 0.2) is 54.6 Å². The first-order valence-electron chi connectivity index (χ1n) is 10.9. The lowest BCUT2D eigenvalue weighted by Gasteiger charge is -2.19. The zero-order valence-electron chi connectivity index (χ0n) is 19.7. The quantitative estimate of drug-likeness (QED) is 0.305. The van der Waals surface area contributed by atoms with Crippen LogP contribution in [0.1, 0.15) is 25.0 Å². The van der Waals surface area contributed by atoms with Crippen molar-refractivity contribution in [2.75, 3.05) is 27.0 Å². The highest BCUT2D eigenvalue weighted by Gasteiger charge is 2.30. The Morgan fingerprint density at radius 3 is 1.92 bits per heavy atom. The molecular formula is C24H23F3N8O2. The number of rotatable bonds is 8. The molecule has 0 fully saturated rings. The SMILES string of the molecule is C[C@H](Nc1nc(N)nc(N[C@@H](C)C(=O)Nc2cccc(C(F)(F)F)c2)c1C#N)C(=O)Nc1ccccc1. The zero-order valence-corrected chi connectivity index (χ0v) is 19.7. The number of anilines is 5. The lowest BCUT2D eigenvalue weighted by molar-refractivity contribution is -0.137. The highest BCUT2D eigenvalue weighted by Crippen LogP contribution is 2.30. The Morgan fingerprint density at radius 1 is 0.892 bits per heavy atom. The van der Waals surface area contributed by atoms with Crippen molar-refractivity contribution in [2.45, 2.75) is 32.1 Å². The van der Waals surface area contributed by atoms with Crippen molar-refractivity contribution >= 4 is 40.8 Å².